The zero-order valence-corrected chi connectivity index (χ0v) is 21.0. The van der Waals surface area contributed by atoms with Crippen LogP contribution in [-0.2, 0) is 11.0 Å². The zero-order valence-electron chi connectivity index (χ0n) is 20.2. The van der Waals surface area contributed by atoms with Crippen LogP contribution in [0.4, 0.5) is 24.5 Å². The minimum absolute atomic E-state index is 0.145. The van der Waals surface area contributed by atoms with Crippen molar-refractivity contribution in [1.29, 1.82) is 0 Å². The van der Waals surface area contributed by atoms with Crippen molar-refractivity contribution in [3.05, 3.63) is 48.0 Å². The molecule has 1 amide bonds. The quantitative estimate of drug-likeness (QED) is 0.434. The van der Waals surface area contributed by atoms with E-state index in [1.807, 2.05) is 29.2 Å². The molecule has 0 aromatic heterocycles. The molecule has 0 aliphatic carbocycles. The smallest absolute Gasteiger partial charge is 0.342 e. The number of benzene rings is 2. The number of hydrogen-bond donors (Lipinski definition) is 1. The first-order valence-electron chi connectivity index (χ1n) is 12.5. The lowest BCUT2D eigenvalue weighted by Crippen LogP contribution is -2.44. The second-order valence-corrected chi connectivity index (χ2v) is 10.6. The Bertz CT molecular complexity index is 1030. The third kappa shape index (κ3) is 5.97. The van der Waals surface area contributed by atoms with Crippen LogP contribution in [0.3, 0.4) is 0 Å². The lowest BCUT2D eigenvalue weighted by Gasteiger charge is -2.39. The summed E-state index contributed by atoms with van der Waals surface area (Å²) < 4.78 is 40.4. The first kappa shape index (κ1) is 25.9. The highest BCUT2D eigenvalue weighted by Crippen LogP contribution is 2.49. The standard InChI is InChI=1S/C27H34F3N3OS/c1-2-6-20-18-32(26(34)12-14-31)16-13-19(20)7-5-15-33-22-8-3-4-9-24(22)35-25-11-10-21(17-23(25)33)27(28,29)30/h3-4,8-11,17,19-20H,2,5-7,12-16,18,31H2,1H3. The maximum absolute atomic E-state index is 13.5. The molecule has 0 saturated carbocycles. The lowest BCUT2D eigenvalue weighted by molar-refractivity contribution is -0.137. The molecular formula is C27H34F3N3OS. The van der Waals surface area contributed by atoms with Crippen molar-refractivity contribution in [2.24, 2.45) is 17.6 Å². The molecule has 4 nitrogen and oxygen atoms in total. The van der Waals surface area contributed by atoms with Gasteiger partial charge in [-0.25, -0.2) is 0 Å². The molecule has 8 heteroatoms. The van der Waals surface area contributed by atoms with E-state index in [2.05, 4.69) is 11.8 Å². The van der Waals surface area contributed by atoms with E-state index in [9.17, 15) is 18.0 Å². The van der Waals surface area contributed by atoms with Crippen LogP contribution in [0, 0.1) is 11.8 Å². The molecule has 2 aliphatic rings. The Morgan fingerprint density at radius 2 is 1.86 bits per heavy atom. The van der Waals surface area contributed by atoms with E-state index < -0.39 is 11.7 Å². The highest BCUT2D eigenvalue weighted by Gasteiger charge is 2.34. The van der Waals surface area contributed by atoms with Gasteiger partial charge in [-0.2, -0.15) is 13.2 Å². The highest BCUT2D eigenvalue weighted by atomic mass is 32.2. The van der Waals surface area contributed by atoms with E-state index in [1.54, 1.807) is 6.07 Å². The fourth-order valence-corrected chi connectivity index (χ4v) is 6.50. The third-order valence-corrected chi connectivity index (χ3v) is 8.30. The molecule has 0 bridgehead atoms. The second-order valence-electron chi connectivity index (χ2n) is 9.52. The maximum Gasteiger partial charge on any atom is 0.416 e. The molecule has 1 saturated heterocycles. The number of anilines is 2. The largest absolute Gasteiger partial charge is 0.416 e. The van der Waals surface area contributed by atoms with Gasteiger partial charge in [-0.05, 0) is 67.9 Å². The Hall–Kier alpha value is -2.19. The van der Waals surface area contributed by atoms with Crippen LogP contribution in [0.1, 0.15) is 51.0 Å². The van der Waals surface area contributed by atoms with Gasteiger partial charge in [0.1, 0.15) is 0 Å². The maximum atomic E-state index is 13.5. The van der Waals surface area contributed by atoms with Crippen molar-refractivity contribution in [2.75, 3.05) is 31.1 Å². The van der Waals surface area contributed by atoms with Gasteiger partial charge in [0, 0.05) is 42.4 Å². The molecule has 2 atom stereocenters. The number of likely N-dealkylation sites (tertiary alicyclic amines) is 1. The first-order valence-corrected chi connectivity index (χ1v) is 13.4. The second kappa shape index (κ2) is 11.2. The highest BCUT2D eigenvalue weighted by molar-refractivity contribution is 7.99. The van der Waals surface area contributed by atoms with Crippen molar-refractivity contribution in [2.45, 2.75) is 61.4 Å². The molecule has 2 aromatic carbocycles. The topological polar surface area (TPSA) is 49.6 Å². The van der Waals surface area contributed by atoms with Gasteiger partial charge >= 0.3 is 6.18 Å². The van der Waals surface area contributed by atoms with E-state index in [-0.39, 0.29) is 5.91 Å². The predicted octanol–water partition coefficient (Wildman–Crippen LogP) is 6.70. The minimum Gasteiger partial charge on any atom is -0.342 e. The number of fused-ring (bicyclic) bond motifs is 2. The summed E-state index contributed by atoms with van der Waals surface area (Å²) in [7, 11) is 0. The molecular weight excluding hydrogens is 471 g/mol. The molecule has 2 heterocycles. The molecule has 2 unspecified atom stereocenters. The van der Waals surface area contributed by atoms with E-state index in [0.717, 1.165) is 60.7 Å². The SMILES string of the molecule is CCCC1CN(C(=O)CCN)CCC1CCCN1c2ccccc2Sc2ccc(C(F)(F)F)cc21. The van der Waals surface area contributed by atoms with Crippen LogP contribution >= 0.6 is 11.8 Å². The number of carbonyl (C=O) groups is 1. The molecule has 2 aromatic rings. The van der Waals surface area contributed by atoms with Crippen LogP contribution in [0.25, 0.3) is 0 Å². The normalized spacial score (nSPS) is 19.9. The number of para-hydroxylation sites is 1. The van der Waals surface area contributed by atoms with Gasteiger partial charge in [-0.15, -0.1) is 0 Å². The van der Waals surface area contributed by atoms with E-state index in [0.29, 0.717) is 37.0 Å². The van der Waals surface area contributed by atoms with Gasteiger partial charge in [-0.1, -0.05) is 37.2 Å². The summed E-state index contributed by atoms with van der Waals surface area (Å²) in [6.07, 6.45) is 1.05. The molecule has 190 valence electrons. The Labute approximate surface area is 210 Å². The molecule has 2 N–H and O–H groups in total. The number of halogens is 3. The lowest BCUT2D eigenvalue weighted by atomic mass is 9.79. The van der Waals surface area contributed by atoms with Crippen LogP contribution in [0.5, 0.6) is 0 Å². The Morgan fingerprint density at radius 3 is 2.60 bits per heavy atom. The molecule has 2 aliphatic heterocycles. The fraction of sp³-hybridized carbons (Fsp3) is 0.519. The van der Waals surface area contributed by atoms with E-state index in [4.69, 9.17) is 5.73 Å². The number of nitrogens with two attached hydrogens (primary N) is 1. The number of piperidine rings is 1. The molecule has 0 radical (unpaired) electrons. The van der Waals surface area contributed by atoms with Gasteiger partial charge < -0.3 is 15.5 Å². The number of nitrogens with zero attached hydrogens (tertiary/aromatic N) is 2. The van der Waals surface area contributed by atoms with E-state index in [1.165, 1.54) is 23.9 Å². The van der Waals surface area contributed by atoms with Crippen molar-refractivity contribution in [3.63, 3.8) is 0 Å². The van der Waals surface area contributed by atoms with Crippen molar-refractivity contribution in [3.8, 4) is 0 Å². The fourth-order valence-electron chi connectivity index (χ4n) is 5.42. The Kier molecular flexibility index (Phi) is 8.32. The van der Waals surface area contributed by atoms with Gasteiger partial charge in [0.2, 0.25) is 5.91 Å². The van der Waals surface area contributed by atoms with Gasteiger partial charge in [0.25, 0.3) is 0 Å². The van der Waals surface area contributed by atoms with Gasteiger partial charge in [0.15, 0.2) is 0 Å². The third-order valence-electron chi connectivity index (χ3n) is 7.17. The number of carbonyl (C=O) groups excluding carboxylic acids is 1. The Morgan fingerprint density at radius 1 is 1.09 bits per heavy atom. The first-order chi connectivity index (χ1) is 16.8. The summed E-state index contributed by atoms with van der Waals surface area (Å²) >= 11 is 1.53. The Balaban J connectivity index is 1.48. The van der Waals surface area contributed by atoms with Gasteiger partial charge in [0.05, 0.1) is 16.9 Å². The summed E-state index contributed by atoms with van der Waals surface area (Å²) in [4.78, 5) is 18.3. The van der Waals surface area contributed by atoms with Crippen molar-refractivity contribution in [1.82, 2.24) is 4.90 Å². The predicted molar refractivity (Wildman–Crippen MR) is 135 cm³/mol. The van der Waals surface area contributed by atoms with Crippen LogP contribution < -0.4 is 10.6 Å². The summed E-state index contributed by atoms with van der Waals surface area (Å²) in [6, 6.07) is 12.0. The summed E-state index contributed by atoms with van der Waals surface area (Å²) in [5.41, 5.74) is 6.57. The molecule has 35 heavy (non-hydrogen) atoms. The van der Waals surface area contributed by atoms with Crippen LogP contribution in [-0.4, -0.2) is 37.0 Å². The molecule has 4 rings (SSSR count). The van der Waals surface area contributed by atoms with Gasteiger partial charge in [-0.3, -0.25) is 4.79 Å². The number of hydrogen-bond acceptors (Lipinski definition) is 4. The number of rotatable bonds is 8. The van der Waals surface area contributed by atoms with E-state index >= 15 is 0 Å². The summed E-state index contributed by atoms with van der Waals surface area (Å²) in [5.74, 6) is 1.13. The average molecular weight is 506 g/mol. The zero-order chi connectivity index (χ0) is 25.0. The number of amides is 1. The molecule has 1 fully saturated rings. The average Bonchev–Trinajstić information content (AvgIpc) is 2.83. The minimum atomic E-state index is -4.37. The summed E-state index contributed by atoms with van der Waals surface area (Å²) in [6.45, 7) is 4.78. The van der Waals surface area contributed by atoms with Crippen LogP contribution in [0.15, 0.2) is 52.3 Å². The summed E-state index contributed by atoms with van der Waals surface area (Å²) in [5, 5.41) is 0. The van der Waals surface area contributed by atoms with Crippen LogP contribution in [0.2, 0.25) is 0 Å². The van der Waals surface area contributed by atoms with Crippen molar-refractivity contribution >= 4 is 29.0 Å². The monoisotopic (exact) mass is 505 g/mol. The van der Waals surface area contributed by atoms with Crippen molar-refractivity contribution < 1.29 is 18.0 Å². The molecule has 0 spiro atoms. The number of alkyl halides is 3.